The van der Waals surface area contributed by atoms with Crippen molar-refractivity contribution >= 4 is 12.0 Å². The summed E-state index contributed by atoms with van der Waals surface area (Å²) in [6, 6.07) is 7.90. The Kier molecular flexibility index (Phi) is 4.88. The molecule has 6 nitrogen and oxygen atoms in total. The van der Waals surface area contributed by atoms with E-state index >= 15 is 0 Å². The molecule has 1 aromatic rings. The number of carbonyl (C=O) groups is 2. The molecule has 6 heteroatoms. The van der Waals surface area contributed by atoms with Crippen LogP contribution in [0.4, 0.5) is 4.79 Å². The van der Waals surface area contributed by atoms with Crippen LogP contribution in [-0.2, 0) is 9.53 Å². The molecular weight excluding hydrogens is 246 g/mol. The van der Waals surface area contributed by atoms with E-state index in [2.05, 4.69) is 5.32 Å². The van der Waals surface area contributed by atoms with Gasteiger partial charge >= 0.3 is 6.09 Å². The second-order valence-electron chi connectivity index (χ2n) is 5.00. The van der Waals surface area contributed by atoms with Gasteiger partial charge in [-0.1, -0.05) is 30.3 Å². The van der Waals surface area contributed by atoms with E-state index in [1.54, 1.807) is 45.0 Å². The number of alkyl carbamates (subject to hydrolysis) is 1. The van der Waals surface area contributed by atoms with Gasteiger partial charge in [-0.05, 0) is 26.3 Å². The monoisotopic (exact) mass is 265 g/mol. The summed E-state index contributed by atoms with van der Waals surface area (Å²) in [5.41, 5.74) is 2.01. The van der Waals surface area contributed by atoms with Crippen molar-refractivity contribution in [3.63, 3.8) is 0 Å². The van der Waals surface area contributed by atoms with Crippen LogP contribution in [0.3, 0.4) is 0 Å². The van der Waals surface area contributed by atoms with Crippen LogP contribution in [-0.4, -0.2) is 17.6 Å². The molecule has 1 atom stereocenters. The summed E-state index contributed by atoms with van der Waals surface area (Å²) in [6.45, 7) is 5.23. The Labute approximate surface area is 112 Å². The second kappa shape index (κ2) is 6.19. The number of nitrogens with one attached hydrogen (secondary N) is 2. The molecule has 0 radical (unpaired) electrons. The Morgan fingerprint density at radius 3 is 2.26 bits per heavy atom. The Morgan fingerprint density at radius 1 is 1.21 bits per heavy atom. The molecule has 0 spiro atoms. The third-order valence-electron chi connectivity index (χ3n) is 2.20. The van der Waals surface area contributed by atoms with Crippen molar-refractivity contribution in [2.45, 2.75) is 32.4 Å². The predicted octanol–water partition coefficient (Wildman–Crippen LogP) is 1.24. The van der Waals surface area contributed by atoms with E-state index in [0.29, 0.717) is 5.56 Å². The van der Waals surface area contributed by atoms with E-state index in [9.17, 15) is 9.59 Å². The molecule has 104 valence electrons. The summed E-state index contributed by atoms with van der Waals surface area (Å²) in [7, 11) is 0. The second-order valence-corrected chi connectivity index (χ2v) is 5.00. The number of rotatable bonds is 3. The minimum absolute atomic E-state index is 0.517. The average molecular weight is 265 g/mol. The fourth-order valence-corrected chi connectivity index (χ4v) is 1.45. The standard InChI is InChI=1S/C13H19N3O3/c1-13(2,3)19-12(18)15-10(11(17)16-14)9-7-5-4-6-8-9/h4-8,10H,14H2,1-3H3,(H,15,18)(H,16,17)/t10-/m1/s1. The van der Waals surface area contributed by atoms with Crippen molar-refractivity contribution in [1.29, 1.82) is 0 Å². The summed E-state index contributed by atoms with van der Waals surface area (Å²) < 4.78 is 5.11. The number of hydrazine groups is 1. The van der Waals surface area contributed by atoms with Gasteiger partial charge in [-0.3, -0.25) is 10.2 Å². The summed E-state index contributed by atoms with van der Waals surface area (Å²) in [4.78, 5) is 23.4. The minimum atomic E-state index is -0.888. The molecule has 0 aliphatic heterocycles. The predicted molar refractivity (Wildman–Crippen MR) is 70.9 cm³/mol. The highest BCUT2D eigenvalue weighted by Gasteiger charge is 2.25. The molecule has 19 heavy (non-hydrogen) atoms. The number of ether oxygens (including phenoxy) is 1. The maximum absolute atomic E-state index is 11.7. The molecule has 1 rings (SSSR count). The average Bonchev–Trinajstić information content (AvgIpc) is 2.34. The van der Waals surface area contributed by atoms with Crippen LogP contribution in [0.2, 0.25) is 0 Å². The maximum Gasteiger partial charge on any atom is 0.408 e. The lowest BCUT2D eigenvalue weighted by molar-refractivity contribution is -0.123. The lowest BCUT2D eigenvalue weighted by Gasteiger charge is -2.23. The Morgan fingerprint density at radius 2 is 1.79 bits per heavy atom. The fourth-order valence-electron chi connectivity index (χ4n) is 1.45. The van der Waals surface area contributed by atoms with Gasteiger partial charge in [0.1, 0.15) is 11.6 Å². The van der Waals surface area contributed by atoms with Crippen LogP contribution >= 0.6 is 0 Å². The van der Waals surface area contributed by atoms with Crippen LogP contribution in [0.5, 0.6) is 0 Å². The first-order chi connectivity index (χ1) is 8.83. The summed E-state index contributed by atoms with van der Waals surface area (Å²) >= 11 is 0. The highest BCUT2D eigenvalue weighted by atomic mass is 16.6. The zero-order chi connectivity index (χ0) is 14.5. The maximum atomic E-state index is 11.7. The molecule has 0 fully saturated rings. The molecule has 0 aliphatic carbocycles. The van der Waals surface area contributed by atoms with Gasteiger partial charge in [0.2, 0.25) is 0 Å². The summed E-state index contributed by atoms with van der Waals surface area (Å²) in [5.74, 6) is 4.60. The molecule has 0 saturated heterocycles. The van der Waals surface area contributed by atoms with E-state index in [4.69, 9.17) is 10.6 Å². The summed E-state index contributed by atoms with van der Waals surface area (Å²) in [5, 5.41) is 2.49. The normalized spacial score (nSPS) is 12.4. The van der Waals surface area contributed by atoms with Crippen molar-refractivity contribution in [3.8, 4) is 0 Å². The number of nitrogens with two attached hydrogens (primary N) is 1. The van der Waals surface area contributed by atoms with Gasteiger partial charge < -0.3 is 10.1 Å². The number of carbonyl (C=O) groups excluding carboxylic acids is 2. The zero-order valence-electron chi connectivity index (χ0n) is 11.3. The van der Waals surface area contributed by atoms with E-state index in [1.807, 2.05) is 11.5 Å². The lowest BCUT2D eigenvalue weighted by Crippen LogP contribution is -2.44. The summed E-state index contributed by atoms with van der Waals surface area (Å²) in [6.07, 6.45) is -0.676. The van der Waals surface area contributed by atoms with E-state index in [0.717, 1.165) is 0 Å². The molecule has 0 saturated carbocycles. The van der Waals surface area contributed by atoms with Crippen LogP contribution in [0, 0.1) is 0 Å². The Balaban J connectivity index is 2.83. The van der Waals surface area contributed by atoms with Gasteiger partial charge in [0.05, 0.1) is 0 Å². The number of amides is 2. The molecule has 1 aromatic carbocycles. The molecule has 0 aliphatic rings. The van der Waals surface area contributed by atoms with Crippen molar-refractivity contribution in [3.05, 3.63) is 35.9 Å². The highest BCUT2D eigenvalue weighted by molar-refractivity contribution is 5.86. The van der Waals surface area contributed by atoms with Crippen molar-refractivity contribution in [1.82, 2.24) is 10.7 Å². The third kappa shape index (κ3) is 4.97. The molecule has 0 heterocycles. The zero-order valence-corrected chi connectivity index (χ0v) is 11.3. The van der Waals surface area contributed by atoms with Crippen molar-refractivity contribution in [2.24, 2.45) is 5.84 Å². The quantitative estimate of drug-likeness (QED) is 0.435. The number of hydrogen-bond donors (Lipinski definition) is 3. The van der Waals surface area contributed by atoms with Gasteiger partial charge in [-0.15, -0.1) is 0 Å². The fraction of sp³-hybridized carbons (Fsp3) is 0.385. The lowest BCUT2D eigenvalue weighted by atomic mass is 10.1. The van der Waals surface area contributed by atoms with E-state index in [-0.39, 0.29) is 0 Å². The first-order valence-corrected chi connectivity index (χ1v) is 5.88. The Hall–Kier alpha value is -2.08. The van der Waals surface area contributed by atoms with E-state index < -0.39 is 23.6 Å². The topological polar surface area (TPSA) is 93.4 Å². The van der Waals surface area contributed by atoms with Crippen molar-refractivity contribution < 1.29 is 14.3 Å². The smallest absolute Gasteiger partial charge is 0.408 e. The van der Waals surface area contributed by atoms with Crippen LogP contribution in [0.1, 0.15) is 32.4 Å². The highest BCUT2D eigenvalue weighted by Crippen LogP contribution is 2.14. The first kappa shape index (κ1) is 15.0. The van der Waals surface area contributed by atoms with Crippen molar-refractivity contribution in [2.75, 3.05) is 0 Å². The molecule has 2 amide bonds. The number of hydrogen-bond acceptors (Lipinski definition) is 4. The first-order valence-electron chi connectivity index (χ1n) is 5.88. The van der Waals surface area contributed by atoms with Gasteiger partial charge in [0.15, 0.2) is 0 Å². The molecule has 4 N–H and O–H groups in total. The van der Waals surface area contributed by atoms with Gasteiger partial charge in [-0.25, -0.2) is 10.6 Å². The van der Waals surface area contributed by atoms with Crippen LogP contribution in [0.15, 0.2) is 30.3 Å². The number of benzene rings is 1. The van der Waals surface area contributed by atoms with Gasteiger partial charge in [-0.2, -0.15) is 0 Å². The Bertz CT molecular complexity index is 440. The minimum Gasteiger partial charge on any atom is -0.444 e. The molecule has 0 aromatic heterocycles. The van der Waals surface area contributed by atoms with Gasteiger partial charge in [0.25, 0.3) is 5.91 Å². The van der Waals surface area contributed by atoms with Gasteiger partial charge in [0, 0.05) is 0 Å². The van der Waals surface area contributed by atoms with Crippen LogP contribution < -0.4 is 16.6 Å². The SMILES string of the molecule is CC(C)(C)OC(=O)N[C@@H](C(=O)NN)c1ccccc1. The van der Waals surface area contributed by atoms with Crippen LogP contribution in [0.25, 0.3) is 0 Å². The third-order valence-corrected chi connectivity index (χ3v) is 2.20. The van der Waals surface area contributed by atoms with E-state index in [1.165, 1.54) is 0 Å². The molecular formula is C13H19N3O3. The molecule has 0 unspecified atom stereocenters. The largest absolute Gasteiger partial charge is 0.444 e. The molecule has 0 bridgehead atoms.